The highest BCUT2D eigenvalue weighted by molar-refractivity contribution is 5.97. The van der Waals surface area contributed by atoms with Gasteiger partial charge in [0.1, 0.15) is 11.8 Å². The van der Waals surface area contributed by atoms with Crippen LogP contribution in [0.15, 0.2) is 53.1 Å². The van der Waals surface area contributed by atoms with E-state index in [9.17, 15) is 4.79 Å². The number of methoxy groups -OCH3 is 1. The van der Waals surface area contributed by atoms with E-state index in [0.29, 0.717) is 37.8 Å². The minimum absolute atomic E-state index is 0.00856. The fourth-order valence-corrected chi connectivity index (χ4v) is 3.72. The summed E-state index contributed by atoms with van der Waals surface area (Å²) in [7, 11) is 1.63. The van der Waals surface area contributed by atoms with Crippen LogP contribution in [0.2, 0.25) is 0 Å². The van der Waals surface area contributed by atoms with Gasteiger partial charge in [-0.2, -0.15) is 4.98 Å². The molecule has 0 N–H and O–H groups in total. The standard InChI is InChI=1S/C23H25N3O4/c1-3-29-18-10-8-16(9-11-18)14-22(27)26-19-7-5-4-6-17(19)15-20(26)23-24-21(25-30-23)12-13-28-2/h4-11,20H,3,12-15H2,1-2H3. The van der Waals surface area contributed by atoms with Crippen molar-refractivity contribution < 1.29 is 18.8 Å². The van der Waals surface area contributed by atoms with Crippen LogP contribution in [0.3, 0.4) is 0 Å². The number of anilines is 1. The second kappa shape index (κ2) is 9.09. The zero-order valence-electron chi connectivity index (χ0n) is 17.2. The van der Waals surface area contributed by atoms with E-state index >= 15 is 0 Å². The zero-order valence-corrected chi connectivity index (χ0v) is 17.2. The van der Waals surface area contributed by atoms with Crippen molar-refractivity contribution in [2.24, 2.45) is 0 Å². The Morgan fingerprint density at radius 1 is 1.20 bits per heavy atom. The molecule has 2 heterocycles. The summed E-state index contributed by atoms with van der Waals surface area (Å²) >= 11 is 0. The van der Waals surface area contributed by atoms with Crippen LogP contribution in [0.5, 0.6) is 5.75 Å². The number of fused-ring (bicyclic) bond motifs is 1. The molecule has 156 valence electrons. The normalized spacial score (nSPS) is 15.3. The molecule has 0 fully saturated rings. The van der Waals surface area contributed by atoms with Gasteiger partial charge in [0, 0.05) is 25.6 Å². The van der Waals surface area contributed by atoms with Gasteiger partial charge in [-0.05, 0) is 36.2 Å². The van der Waals surface area contributed by atoms with E-state index in [-0.39, 0.29) is 18.4 Å². The summed E-state index contributed by atoms with van der Waals surface area (Å²) in [4.78, 5) is 19.6. The molecule has 0 spiro atoms. The largest absolute Gasteiger partial charge is 0.494 e. The highest BCUT2D eigenvalue weighted by Crippen LogP contribution is 2.40. The Morgan fingerprint density at radius 3 is 2.77 bits per heavy atom. The molecule has 1 amide bonds. The van der Waals surface area contributed by atoms with E-state index in [1.807, 2.05) is 55.5 Å². The Morgan fingerprint density at radius 2 is 2.00 bits per heavy atom. The number of benzene rings is 2. The fourth-order valence-electron chi connectivity index (χ4n) is 3.72. The Hall–Kier alpha value is -3.19. The summed E-state index contributed by atoms with van der Waals surface area (Å²) in [5, 5.41) is 4.05. The molecule has 1 aromatic heterocycles. The van der Waals surface area contributed by atoms with Crippen LogP contribution in [-0.2, 0) is 28.8 Å². The van der Waals surface area contributed by atoms with Gasteiger partial charge < -0.3 is 14.0 Å². The maximum absolute atomic E-state index is 13.3. The first kappa shape index (κ1) is 20.1. The number of carbonyl (C=O) groups is 1. The van der Waals surface area contributed by atoms with E-state index in [0.717, 1.165) is 22.6 Å². The predicted molar refractivity (Wildman–Crippen MR) is 112 cm³/mol. The lowest BCUT2D eigenvalue weighted by Gasteiger charge is -2.23. The van der Waals surface area contributed by atoms with Crippen LogP contribution < -0.4 is 9.64 Å². The molecule has 0 saturated carbocycles. The minimum atomic E-state index is -0.304. The molecule has 4 rings (SSSR count). The summed E-state index contributed by atoms with van der Waals surface area (Å²) in [6.07, 6.45) is 1.50. The first-order chi connectivity index (χ1) is 14.7. The Balaban J connectivity index is 1.57. The van der Waals surface area contributed by atoms with Crippen molar-refractivity contribution >= 4 is 11.6 Å². The molecule has 0 bridgehead atoms. The van der Waals surface area contributed by atoms with Crippen molar-refractivity contribution in [2.75, 3.05) is 25.2 Å². The van der Waals surface area contributed by atoms with Gasteiger partial charge in [0.2, 0.25) is 11.8 Å². The van der Waals surface area contributed by atoms with Crippen LogP contribution in [0.1, 0.15) is 35.8 Å². The third-order valence-corrected chi connectivity index (χ3v) is 5.13. The number of aromatic nitrogens is 2. The molecule has 7 nitrogen and oxygen atoms in total. The van der Waals surface area contributed by atoms with Crippen molar-refractivity contribution in [3.05, 3.63) is 71.4 Å². The van der Waals surface area contributed by atoms with Gasteiger partial charge in [-0.3, -0.25) is 9.69 Å². The van der Waals surface area contributed by atoms with E-state index in [1.54, 1.807) is 12.0 Å². The topological polar surface area (TPSA) is 77.7 Å². The van der Waals surface area contributed by atoms with E-state index in [2.05, 4.69) is 10.1 Å². The number of amides is 1. The molecule has 0 radical (unpaired) electrons. The Bertz CT molecular complexity index is 1000. The second-order valence-electron chi connectivity index (χ2n) is 7.16. The first-order valence-electron chi connectivity index (χ1n) is 10.1. The first-order valence-corrected chi connectivity index (χ1v) is 10.1. The van der Waals surface area contributed by atoms with Gasteiger partial charge in [0.15, 0.2) is 5.82 Å². The Labute approximate surface area is 175 Å². The average Bonchev–Trinajstić information content (AvgIpc) is 3.38. The van der Waals surface area contributed by atoms with Crippen LogP contribution in [0.4, 0.5) is 5.69 Å². The maximum atomic E-state index is 13.3. The van der Waals surface area contributed by atoms with Gasteiger partial charge in [-0.1, -0.05) is 35.5 Å². The molecule has 1 aliphatic heterocycles. The van der Waals surface area contributed by atoms with Gasteiger partial charge in [-0.15, -0.1) is 0 Å². The molecule has 1 atom stereocenters. The van der Waals surface area contributed by atoms with Crippen LogP contribution in [-0.4, -0.2) is 36.4 Å². The van der Waals surface area contributed by atoms with Crippen molar-refractivity contribution in [1.29, 1.82) is 0 Å². The number of hydrogen-bond acceptors (Lipinski definition) is 6. The lowest BCUT2D eigenvalue weighted by atomic mass is 10.1. The molecular weight excluding hydrogens is 382 g/mol. The highest BCUT2D eigenvalue weighted by atomic mass is 16.5. The number of rotatable bonds is 8. The van der Waals surface area contributed by atoms with Crippen LogP contribution in [0.25, 0.3) is 0 Å². The molecule has 0 aliphatic carbocycles. The molecule has 1 aliphatic rings. The summed E-state index contributed by atoms with van der Waals surface area (Å²) in [5.74, 6) is 1.83. The van der Waals surface area contributed by atoms with E-state index in [1.165, 1.54) is 0 Å². The van der Waals surface area contributed by atoms with Gasteiger partial charge in [0.05, 0.1) is 19.6 Å². The smallest absolute Gasteiger partial charge is 0.250 e. The third kappa shape index (κ3) is 4.21. The van der Waals surface area contributed by atoms with Gasteiger partial charge in [0.25, 0.3) is 0 Å². The number of ether oxygens (including phenoxy) is 2. The van der Waals surface area contributed by atoms with Crippen molar-refractivity contribution in [3.8, 4) is 5.75 Å². The third-order valence-electron chi connectivity index (χ3n) is 5.13. The number of hydrogen-bond donors (Lipinski definition) is 0. The summed E-state index contributed by atoms with van der Waals surface area (Å²) in [6.45, 7) is 3.08. The van der Waals surface area contributed by atoms with Crippen LogP contribution in [0, 0.1) is 0 Å². The molecular formula is C23H25N3O4. The lowest BCUT2D eigenvalue weighted by molar-refractivity contribution is -0.118. The Kier molecular flexibility index (Phi) is 6.09. The number of nitrogens with zero attached hydrogens (tertiary/aromatic N) is 3. The minimum Gasteiger partial charge on any atom is -0.494 e. The highest BCUT2D eigenvalue weighted by Gasteiger charge is 2.37. The molecule has 1 unspecified atom stereocenters. The SMILES string of the molecule is CCOc1ccc(CC(=O)N2c3ccccc3CC2c2nc(CCOC)no2)cc1. The second-order valence-corrected chi connectivity index (χ2v) is 7.16. The molecule has 30 heavy (non-hydrogen) atoms. The van der Waals surface area contributed by atoms with Crippen molar-refractivity contribution in [1.82, 2.24) is 10.1 Å². The molecule has 7 heteroatoms. The summed E-state index contributed by atoms with van der Waals surface area (Å²) < 4.78 is 16.1. The van der Waals surface area contributed by atoms with Crippen molar-refractivity contribution in [2.45, 2.75) is 32.2 Å². The van der Waals surface area contributed by atoms with Crippen LogP contribution >= 0.6 is 0 Å². The monoisotopic (exact) mass is 407 g/mol. The summed E-state index contributed by atoms with van der Waals surface area (Å²) in [6, 6.07) is 15.3. The predicted octanol–water partition coefficient (Wildman–Crippen LogP) is 3.53. The fraction of sp³-hybridized carbons (Fsp3) is 0.348. The van der Waals surface area contributed by atoms with E-state index < -0.39 is 0 Å². The maximum Gasteiger partial charge on any atom is 0.250 e. The molecule has 3 aromatic rings. The quantitative estimate of drug-likeness (QED) is 0.568. The lowest BCUT2D eigenvalue weighted by Crippen LogP contribution is -2.33. The molecule has 0 saturated heterocycles. The van der Waals surface area contributed by atoms with Gasteiger partial charge in [-0.25, -0.2) is 0 Å². The average molecular weight is 407 g/mol. The van der Waals surface area contributed by atoms with E-state index in [4.69, 9.17) is 14.0 Å². The summed E-state index contributed by atoms with van der Waals surface area (Å²) in [5.41, 5.74) is 2.92. The van der Waals surface area contributed by atoms with Gasteiger partial charge >= 0.3 is 0 Å². The molecule has 2 aromatic carbocycles. The number of para-hydroxylation sites is 1. The zero-order chi connectivity index (χ0) is 20.9. The number of carbonyl (C=O) groups excluding carboxylic acids is 1. The van der Waals surface area contributed by atoms with Crippen molar-refractivity contribution in [3.63, 3.8) is 0 Å².